The van der Waals surface area contributed by atoms with Gasteiger partial charge < -0.3 is 5.21 Å². The standard InChI is InChI=1S/C10H11Br4N2O2/c11-3-7-8(4-12)16(18)10-6(14)2-1-5(13)9(10)15(7)17/h5-6,17H,1-4H2/q+1/t5-,6+/m0/s1. The van der Waals surface area contributed by atoms with Crippen LogP contribution in [0.2, 0.25) is 0 Å². The summed E-state index contributed by atoms with van der Waals surface area (Å²) in [5.74, 6) is 0. The van der Waals surface area contributed by atoms with Gasteiger partial charge >= 0.3 is 0 Å². The highest BCUT2D eigenvalue weighted by atomic mass is 79.9. The van der Waals surface area contributed by atoms with Crippen molar-refractivity contribution >= 4 is 63.7 Å². The van der Waals surface area contributed by atoms with E-state index in [1.807, 2.05) is 0 Å². The molecule has 1 aromatic heterocycles. The average molecular weight is 511 g/mol. The second kappa shape index (κ2) is 5.93. The quantitative estimate of drug-likeness (QED) is 0.370. The molecule has 1 aromatic rings. The molecule has 1 aliphatic carbocycles. The maximum atomic E-state index is 12.4. The monoisotopic (exact) mass is 507 g/mol. The fourth-order valence-corrected chi connectivity index (χ4v) is 4.65. The van der Waals surface area contributed by atoms with Gasteiger partial charge in [0.25, 0.3) is 11.4 Å². The molecule has 0 aromatic carbocycles. The van der Waals surface area contributed by atoms with Crippen LogP contribution in [0.4, 0.5) is 0 Å². The highest BCUT2D eigenvalue weighted by Gasteiger charge is 2.39. The third-order valence-corrected chi connectivity index (χ3v) is 5.91. The van der Waals surface area contributed by atoms with E-state index in [1.165, 1.54) is 0 Å². The minimum Gasteiger partial charge on any atom is -0.428 e. The average Bonchev–Trinajstić information content (AvgIpc) is 2.35. The van der Waals surface area contributed by atoms with Crippen LogP contribution in [0.3, 0.4) is 0 Å². The summed E-state index contributed by atoms with van der Waals surface area (Å²) in [5.41, 5.74) is 2.33. The van der Waals surface area contributed by atoms with Crippen molar-refractivity contribution in [3.63, 3.8) is 0 Å². The molecule has 0 amide bonds. The molecule has 1 heterocycles. The fraction of sp³-hybridized carbons (Fsp3) is 0.600. The molecule has 0 radical (unpaired) electrons. The number of alkyl halides is 4. The van der Waals surface area contributed by atoms with Gasteiger partial charge in [-0.15, -0.1) is 0 Å². The number of hydrogen-bond donors (Lipinski definition) is 1. The molecule has 100 valence electrons. The van der Waals surface area contributed by atoms with Crippen LogP contribution in [-0.2, 0) is 10.7 Å². The number of hydrogen-bond acceptors (Lipinski definition) is 2. The van der Waals surface area contributed by atoms with Gasteiger partial charge in [0.1, 0.15) is 16.2 Å². The Kier molecular flexibility index (Phi) is 4.94. The number of rotatable bonds is 2. The Hall–Kier alpha value is 0.600. The Morgan fingerprint density at radius 3 is 2.39 bits per heavy atom. The second-order valence-electron chi connectivity index (χ2n) is 4.05. The predicted molar refractivity (Wildman–Crippen MR) is 82.8 cm³/mol. The highest BCUT2D eigenvalue weighted by Crippen LogP contribution is 2.43. The molecule has 2 atom stereocenters. The van der Waals surface area contributed by atoms with Gasteiger partial charge in [-0.25, -0.2) is 0 Å². The normalized spacial score (nSPS) is 22.9. The SMILES string of the molecule is O=[n+]1c(CBr)c(CBr)n(O)c2c1[C@H](Br)CC[C@@H]2Br. The summed E-state index contributed by atoms with van der Waals surface area (Å²) in [5, 5.41) is 11.1. The van der Waals surface area contributed by atoms with Gasteiger partial charge in [0.15, 0.2) is 0 Å². The van der Waals surface area contributed by atoms with E-state index in [0.717, 1.165) is 22.0 Å². The lowest BCUT2D eigenvalue weighted by atomic mass is 9.99. The van der Waals surface area contributed by atoms with E-state index in [9.17, 15) is 10.1 Å². The van der Waals surface area contributed by atoms with E-state index >= 15 is 0 Å². The van der Waals surface area contributed by atoms with Gasteiger partial charge in [-0.3, -0.25) is 0 Å². The highest BCUT2D eigenvalue weighted by molar-refractivity contribution is 9.09. The van der Waals surface area contributed by atoms with Crippen molar-refractivity contribution in [3.05, 3.63) is 27.7 Å². The van der Waals surface area contributed by atoms with Gasteiger partial charge in [0, 0.05) is 4.91 Å². The summed E-state index contributed by atoms with van der Waals surface area (Å²) < 4.78 is 2.07. The molecule has 8 heteroatoms. The molecule has 0 spiro atoms. The third kappa shape index (κ3) is 2.33. The van der Waals surface area contributed by atoms with Crippen LogP contribution in [0.1, 0.15) is 45.3 Å². The van der Waals surface area contributed by atoms with Crippen LogP contribution >= 0.6 is 63.7 Å². The first kappa shape index (κ1) is 15.0. The molecule has 0 fully saturated rings. The van der Waals surface area contributed by atoms with Gasteiger partial charge in [0.05, 0.1) is 19.9 Å². The maximum absolute atomic E-state index is 12.4. The van der Waals surface area contributed by atoms with Crippen molar-refractivity contribution < 1.29 is 9.63 Å². The first-order valence-corrected chi connectivity index (χ1v) is 9.42. The van der Waals surface area contributed by atoms with E-state index in [1.54, 1.807) is 0 Å². The van der Waals surface area contributed by atoms with Crippen molar-refractivity contribution in [2.75, 3.05) is 0 Å². The van der Waals surface area contributed by atoms with Crippen LogP contribution < -0.4 is 4.43 Å². The molecule has 0 saturated heterocycles. The largest absolute Gasteiger partial charge is 0.428 e. The third-order valence-electron chi connectivity index (χ3n) is 3.06. The maximum Gasteiger partial charge on any atom is 0.277 e. The Labute approximate surface area is 138 Å². The summed E-state index contributed by atoms with van der Waals surface area (Å²) in [4.78, 5) is 12.4. The Balaban J connectivity index is 2.83. The van der Waals surface area contributed by atoms with E-state index in [4.69, 9.17) is 0 Å². The first-order valence-electron chi connectivity index (χ1n) is 5.35. The van der Waals surface area contributed by atoms with E-state index in [0.29, 0.717) is 33.4 Å². The van der Waals surface area contributed by atoms with Crippen LogP contribution in [0.5, 0.6) is 0 Å². The summed E-state index contributed by atoms with van der Waals surface area (Å²) in [7, 11) is 0. The number of fused-ring (bicyclic) bond motifs is 1. The zero-order valence-corrected chi connectivity index (χ0v) is 15.6. The molecule has 1 N–H and O–H groups in total. The minimum atomic E-state index is -0.0284. The van der Waals surface area contributed by atoms with Crippen LogP contribution in [0, 0.1) is 4.91 Å². The molecule has 0 saturated carbocycles. The summed E-state index contributed by atoms with van der Waals surface area (Å²) in [6.45, 7) is 0. The zero-order chi connectivity index (χ0) is 13.4. The van der Waals surface area contributed by atoms with Gasteiger partial charge in [-0.05, 0) is 12.8 Å². The number of halogens is 4. The van der Waals surface area contributed by atoms with Crippen molar-refractivity contribution in [2.24, 2.45) is 0 Å². The molecular formula is C10H11Br4N2O2+. The van der Waals surface area contributed by atoms with Crippen LogP contribution in [0.15, 0.2) is 0 Å². The van der Waals surface area contributed by atoms with Crippen LogP contribution in [-0.4, -0.2) is 9.94 Å². The topological polar surface area (TPSA) is 48.1 Å². The molecule has 18 heavy (non-hydrogen) atoms. The number of aromatic nitrogens is 2. The van der Waals surface area contributed by atoms with Crippen molar-refractivity contribution in [1.29, 1.82) is 0 Å². The first-order chi connectivity index (χ1) is 8.52. The van der Waals surface area contributed by atoms with E-state index in [-0.39, 0.29) is 9.65 Å². The Morgan fingerprint density at radius 1 is 1.22 bits per heavy atom. The Morgan fingerprint density at radius 2 is 1.83 bits per heavy atom. The van der Waals surface area contributed by atoms with Crippen molar-refractivity contribution in [3.8, 4) is 0 Å². The minimum absolute atomic E-state index is 0.00586. The molecule has 1 aliphatic rings. The van der Waals surface area contributed by atoms with Crippen LogP contribution in [0.25, 0.3) is 0 Å². The molecule has 0 bridgehead atoms. The molecular weight excluding hydrogens is 500 g/mol. The summed E-state index contributed by atoms with van der Waals surface area (Å²) >= 11 is 13.7. The van der Waals surface area contributed by atoms with E-state index < -0.39 is 0 Å². The second-order valence-corrected chi connectivity index (χ2v) is 7.38. The molecule has 4 nitrogen and oxygen atoms in total. The lowest BCUT2D eigenvalue weighted by Gasteiger charge is -2.22. The summed E-state index contributed by atoms with van der Waals surface area (Å²) in [6, 6.07) is 0. The summed E-state index contributed by atoms with van der Waals surface area (Å²) in [6.07, 6.45) is 1.74. The lowest BCUT2D eigenvalue weighted by molar-refractivity contribution is -0.516. The van der Waals surface area contributed by atoms with Gasteiger partial charge in [-0.2, -0.15) is 4.73 Å². The molecule has 0 unspecified atom stereocenters. The van der Waals surface area contributed by atoms with Gasteiger partial charge in [-0.1, -0.05) is 63.7 Å². The lowest BCUT2D eigenvalue weighted by Crippen LogP contribution is -2.36. The zero-order valence-electron chi connectivity index (χ0n) is 9.24. The van der Waals surface area contributed by atoms with Crippen molar-refractivity contribution in [2.45, 2.75) is 33.2 Å². The molecule has 2 rings (SSSR count). The number of nitrogens with zero attached hydrogens (tertiary/aromatic N) is 2. The molecule has 0 aliphatic heterocycles. The van der Waals surface area contributed by atoms with Gasteiger partial charge in [0.2, 0.25) is 0 Å². The van der Waals surface area contributed by atoms with Crippen molar-refractivity contribution in [1.82, 2.24) is 4.73 Å². The Bertz CT molecular complexity index is 532. The van der Waals surface area contributed by atoms with E-state index in [2.05, 4.69) is 63.7 Å². The predicted octanol–water partition coefficient (Wildman–Crippen LogP) is 4.10. The fourth-order valence-electron chi connectivity index (χ4n) is 2.15. The smallest absolute Gasteiger partial charge is 0.277 e.